The maximum atomic E-state index is 12.1. The number of imidazole rings is 1. The lowest BCUT2D eigenvalue weighted by molar-refractivity contribution is -0.118. The number of ketones is 1. The number of Topliss-reactive ketones (excluding diaryl/α,β-unsaturated/α-hetero) is 1. The molecule has 0 aliphatic carbocycles. The second-order valence-electron chi connectivity index (χ2n) is 4.60. The van der Waals surface area contributed by atoms with E-state index in [0.29, 0.717) is 12.7 Å². The third-order valence-corrected chi connectivity index (χ3v) is 3.07. The molecule has 1 aromatic heterocycles. The van der Waals surface area contributed by atoms with E-state index < -0.39 is 11.4 Å². The van der Waals surface area contributed by atoms with E-state index in [4.69, 9.17) is 11.5 Å². The molecule has 0 aliphatic rings. The number of carbonyl (C=O) groups is 3. The van der Waals surface area contributed by atoms with Crippen molar-refractivity contribution in [2.45, 2.75) is 25.8 Å². The van der Waals surface area contributed by atoms with Crippen LogP contribution in [0, 0.1) is 0 Å². The lowest BCUT2D eigenvalue weighted by Crippen LogP contribution is -2.42. The van der Waals surface area contributed by atoms with Crippen molar-refractivity contribution in [2.24, 2.45) is 5.73 Å². The van der Waals surface area contributed by atoms with Crippen molar-refractivity contribution in [1.82, 2.24) is 14.9 Å². The molecule has 5 N–H and O–H groups in total. The molecule has 0 saturated heterocycles. The number of nitrogens with one attached hydrogen (secondary N) is 1. The molecule has 8 heteroatoms. The Hall–Kier alpha value is -2.22. The number of hydrogen-bond acceptors (Lipinski definition) is 6. The molecule has 0 fully saturated rings. The molecule has 0 radical (unpaired) electrons. The van der Waals surface area contributed by atoms with Gasteiger partial charge in [0.2, 0.25) is 0 Å². The van der Waals surface area contributed by atoms with Gasteiger partial charge in [0.25, 0.3) is 5.91 Å². The van der Waals surface area contributed by atoms with Gasteiger partial charge in [0, 0.05) is 13.0 Å². The van der Waals surface area contributed by atoms with Crippen LogP contribution in [0.15, 0.2) is 6.33 Å². The number of hydrogen-bond donors (Lipinski definition) is 3. The fourth-order valence-electron chi connectivity index (χ4n) is 1.57. The van der Waals surface area contributed by atoms with Gasteiger partial charge in [-0.1, -0.05) is 6.92 Å². The van der Waals surface area contributed by atoms with Gasteiger partial charge in [-0.2, -0.15) is 0 Å². The Morgan fingerprint density at radius 2 is 2.20 bits per heavy atom. The summed E-state index contributed by atoms with van der Waals surface area (Å²) < 4.78 is 1.32. The number of aldehydes is 1. The SMILES string of the molecule is CCC(=O)CNC(=O)c1c(N)ncn1[C@](C)(C=O)CN. The van der Waals surface area contributed by atoms with Crippen molar-refractivity contribution in [2.75, 3.05) is 18.8 Å². The monoisotopic (exact) mass is 281 g/mol. The molecule has 1 heterocycles. The number of aromatic nitrogens is 2. The first-order chi connectivity index (χ1) is 9.39. The quantitative estimate of drug-likeness (QED) is 0.552. The fourth-order valence-corrected chi connectivity index (χ4v) is 1.57. The largest absolute Gasteiger partial charge is 0.382 e. The summed E-state index contributed by atoms with van der Waals surface area (Å²) in [7, 11) is 0. The molecule has 1 aromatic rings. The molecule has 110 valence electrons. The predicted octanol–water partition coefficient (Wildman–Crippen LogP) is -0.953. The number of nitrogens with zero attached hydrogens (tertiary/aromatic N) is 2. The summed E-state index contributed by atoms with van der Waals surface area (Å²) in [4.78, 5) is 38.3. The van der Waals surface area contributed by atoms with Crippen LogP contribution in [0.2, 0.25) is 0 Å². The van der Waals surface area contributed by atoms with Gasteiger partial charge in [0.05, 0.1) is 12.9 Å². The Balaban J connectivity index is 3.06. The summed E-state index contributed by atoms with van der Waals surface area (Å²) in [6.45, 7) is 3.15. The molecule has 20 heavy (non-hydrogen) atoms. The molecular weight excluding hydrogens is 262 g/mol. The van der Waals surface area contributed by atoms with Gasteiger partial charge in [-0.3, -0.25) is 9.59 Å². The van der Waals surface area contributed by atoms with Crippen molar-refractivity contribution in [3.05, 3.63) is 12.0 Å². The average molecular weight is 281 g/mol. The van der Waals surface area contributed by atoms with Crippen LogP contribution in [0.4, 0.5) is 5.82 Å². The Morgan fingerprint density at radius 1 is 1.55 bits per heavy atom. The van der Waals surface area contributed by atoms with Crippen LogP contribution < -0.4 is 16.8 Å². The van der Waals surface area contributed by atoms with Crippen LogP contribution in [0.25, 0.3) is 0 Å². The minimum atomic E-state index is -1.12. The second kappa shape index (κ2) is 6.29. The Labute approximate surface area is 116 Å². The third kappa shape index (κ3) is 3.02. The van der Waals surface area contributed by atoms with Crippen molar-refractivity contribution in [1.29, 1.82) is 0 Å². The van der Waals surface area contributed by atoms with E-state index in [9.17, 15) is 14.4 Å². The summed E-state index contributed by atoms with van der Waals surface area (Å²) in [5.74, 6) is -0.698. The number of amides is 1. The standard InChI is InChI=1S/C12H19N5O3/c1-3-8(19)4-15-11(20)9-10(14)16-7-17(9)12(2,5-13)6-18/h6-7H,3-5,13-14H2,1-2H3,(H,15,20)/t12-/m0/s1. The van der Waals surface area contributed by atoms with Gasteiger partial charge < -0.3 is 26.1 Å². The van der Waals surface area contributed by atoms with Crippen LogP contribution in [0.1, 0.15) is 30.8 Å². The first-order valence-corrected chi connectivity index (χ1v) is 6.19. The maximum absolute atomic E-state index is 12.1. The lowest BCUT2D eigenvalue weighted by atomic mass is 10.0. The number of carbonyl (C=O) groups excluding carboxylic acids is 3. The molecule has 0 aliphatic heterocycles. The molecular formula is C12H19N5O3. The normalized spacial score (nSPS) is 13.6. The van der Waals surface area contributed by atoms with Crippen LogP contribution >= 0.6 is 0 Å². The van der Waals surface area contributed by atoms with E-state index in [1.165, 1.54) is 10.9 Å². The maximum Gasteiger partial charge on any atom is 0.272 e. The molecule has 0 bridgehead atoms. The Bertz CT molecular complexity index is 525. The minimum Gasteiger partial charge on any atom is -0.382 e. The highest BCUT2D eigenvalue weighted by Gasteiger charge is 2.30. The topological polar surface area (TPSA) is 133 Å². The molecule has 0 aromatic carbocycles. The van der Waals surface area contributed by atoms with E-state index >= 15 is 0 Å². The van der Waals surface area contributed by atoms with E-state index in [1.54, 1.807) is 13.8 Å². The number of anilines is 1. The van der Waals surface area contributed by atoms with Crippen molar-refractivity contribution >= 4 is 23.8 Å². The van der Waals surface area contributed by atoms with Crippen LogP contribution in [-0.2, 0) is 15.1 Å². The zero-order valence-electron chi connectivity index (χ0n) is 11.5. The number of nitrogen functional groups attached to an aromatic ring is 1. The molecule has 0 spiro atoms. The molecule has 1 amide bonds. The number of nitrogens with two attached hydrogens (primary N) is 2. The summed E-state index contributed by atoms with van der Waals surface area (Å²) in [6, 6.07) is 0. The van der Waals surface area contributed by atoms with Crippen molar-refractivity contribution < 1.29 is 14.4 Å². The highest BCUT2D eigenvalue weighted by molar-refractivity contribution is 5.99. The molecule has 0 unspecified atom stereocenters. The van der Waals surface area contributed by atoms with E-state index in [1.807, 2.05) is 0 Å². The first-order valence-electron chi connectivity index (χ1n) is 6.19. The summed E-state index contributed by atoms with van der Waals surface area (Å²) in [6.07, 6.45) is 2.24. The molecule has 0 saturated carbocycles. The highest BCUT2D eigenvalue weighted by atomic mass is 16.2. The minimum absolute atomic E-state index is 0.0134. The lowest BCUT2D eigenvalue weighted by Gasteiger charge is -2.24. The zero-order valence-corrected chi connectivity index (χ0v) is 11.5. The number of rotatable bonds is 7. The van der Waals surface area contributed by atoms with Crippen molar-refractivity contribution in [3.8, 4) is 0 Å². The van der Waals surface area contributed by atoms with E-state index in [0.717, 1.165) is 0 Å². The average Bonchev–Trinajstić information content (AvgIpc) is 2.85. The Morgan fingerprint density at radius 3 is 2.70 bits per heavy atom. The zero-order chi connectivity index (χ0) is 15.3. The second-order valence-corrected chi connectivity index (χ2v) is 4.60. The summed E-state index contributed by atoms with van der Waals surface area (Å²) >= 11 is 0. The van der Waals surface area contributed by atoms with Gasteiger partial charge in [0.15, 0.2) is 17.3 Å². The Kier molecular flexibility index (Phi) is 4.98. The van der Waals surface area contributed by atoms with Crippen LogP contribution in [0.3, 0.4) is 0 Å². The summed E-state index contributed by atoms with van der Waals surface area (Å²) in [5.41, 5.74) is 10.1. The third-order valence-electron chi connectivity index (χ3n) is 3.07. The highest BCUT2D eigenvalue weighted by Crippen LogP contribution is 2.19. The molecule has 8 nitrogen and oxygen atoms in total. The van der Waals surface area contributed by atoms with Crippen LogP contribution in [0.5, 0.6) is 0 Å². The van der Waals surface area contributed by atoms with Gasteiger partial charge in [-0.05, 0) is 6.92 Å². The van der Waals surface area contributed by atoms with E-state index in [-0.39, 0.29) is 30.4 Å². The van der Waals surface area contributed by atoms with Crippen molar-refractivity contribution in [3.63, 3.8) is 0 Å². The first kappa shape index (κ1) is 15.8. The smallest absolute Gasteiger partial charge is 0.272 e. The van der Waals surface area contributed by atoms with Gasteiger partial charge in [-0.25, -0.2) is 4.98 Å². The fraction of sp³-hybridized carbons (Fsp3) is 0.500. The van der Waals surface area contributed by atoms with E-state index in [2.05, 4.69) is 10.3 Å². The summed E-state index contributed by atoms with van der Waals surface area (Å²) in [5, 5.41) is 2.45. The van der Waals surface area contributed by atoms with Gasteiger partial charge in [-0.15, -0.1) is 0 Å². The van der Waals surface area contributed by atoms with Gasteiger partial charge >= 0.3 is 0 Å². The molecule has 1 rings (SSSR count). The van der Waals surface area contributed by atoms with Gasteiger partial charge in [0.1, 0.15) is 11.8 Å². The predicted molar refractivity (Wildman–Crippen MR) is 73.0 cm³/mol. The van der Waals surface area contributed by atoms with Crippen LogP contribution in [-0.4, -0.2) is 40.6 Å². The molecule has 1 atom stereocenters.